The zero-order chi connectivity index (χ0) is 15.6. The van der Waals surface area contributed by atoms with Gasteiger partial charge in [-0.05, 0) is 30.5 Å². The predicted molar refractivity (Wildman–Crippen MR) is 80.8 cm³/mol. The third-order valence-electron chi connectivity index (χ3n) is 3.63. The molecule has 8 heteroatoms. The molecule has 1 aliphatic rings. The van der Waals surface area contributed by atoms with E-state index >= 15 is 0 Å². The van der Waals surface area contributed by atoms with Crippen LogP contribution in [0.15, 0.2) is 30.6 Å². The minimum Gasteiger partial charge on any atom is -0.497 e. The first-order chi connectivity index (χ1) is 10.6. The molecule has 0 saturated carbocycles. The van der Waals surface area contributed by atoms with Crippen LogP contribution in [0.25, 0.3) is 0 Å². The van der Waals surface area contributed by atoms with Crippen molar-refractivity contribution in [1.29, 1.82) is 0 Å². The van der Waals surface area contributed by atoms with Gasteiger partial charge in [-0.1, -0.05) is 12.1 Å². The van der Waals surface area contributed by atoms with Crippen LogP contribution in [0.4, 0.5) is 0 Å². The summed E-state index contributed by atoms with van der Waals surface area (Å²) < 4.78 is 34.4. The maximum absolute atomic E-state index is 12.4. The van der Waals surface area contributed by atoms with Gasteiger partial charge < -0.3 is 4.74 Å². The van der Waals surface area contributed by atoms with Crippen molar-refractivity contribution >= 4 is 10.0 Å². The van der Waals surface area contributed by atoms with Crippen LogP contribution in [0.1, 0.15) is 30.3 Å². The molecule has 0 bridgehead atoms. The number of hydrogen-bond acceptors (Lipinski definition) is 5. The van der Waals surface area contributed by atoms with Gasteiger partial charge in [0.25, 0.3) is 0 Å². The molecule has 0 radical (unpaired) electrons. The molecule has 1 aromatic heterocycles. The molecule has 2 heterocycles. The number of aryl methyl sites for hydroxylation is 1. The number of rotatable bonds is 5. The van der Waals surface area contributed by atoms with Gasteiger partial charge in [0.2, 0.25) is 10.0 Å². The molecule has 0 unspecified atom stereocenters. The Kier molecular flexibility index (Phi) is 4.12. The summed E-state index contributed by atoms with van der Waals surface area (Å²) in [7, 11) is -1.91. The molecule has 1 aliphatic heterocycles. The second-order valence-corrected chi connectivity index (χ2v) is 7.02. The summed E-state index contributed by atoms with van der Waals surface area (Å²) in [6.45, 7) is 0.781. The van der Waals surface area contributed by atoms with Crippen molar-refractivity contribution in [2.75, 3.05) is 7.11 Å². The van der Waals surface area contributed by atoms with E-state index in [0.717, 1.165) is 19.4 Å². The predicted octanol–water partition coefficient (Wildman–Crippen LogP) is 1.24. The second-order valence-electron chi connectivity index (χ2n) is 5.26. The fourth-order valence-corrected chi connectivity index (χ4v) is 4.00. The Morgan fingerprint density at radius 2 is 2.32 bits per heavy atom. The number of hydrogen-bond donors (Lipinski definition) is 1. The summed E-state index contributed by atoms with van der Waals surface area (Å²) in [5.41, 5.74) is 0.684. The van der Waals surface area contributed by atoms with Crippen molar-refractivity contribution in [3.8, 4) is 5.75 Å². The molecule has 1 N–H and O–H groups in total. The molecule has 1 atom stereocenters. The molecular formula is C14H18N4O3S. The third-order valence-corrected chi connectivity index (χ3v) is 4.99. The SMILES string of the molecule is COc1cccc(CS(=O)(=O)N[C@@H]2CCCn3ncnc32)c1. The van der Waals surface area contributed by atoms with Gasteiger partial charge in [0.05, 0.1) is 18.9 Å². The second kappa shape index (κ2) is 6.05. The Bertz CT molecular complexity index is 757. The Labute approximate surface area is 129 Å². The van der Waals surface area contributed by atoms with Gasteiger partial charge >= 0.3 is 0 Å². The highest BCUT2D eigenvalue weighted by atomic mass is 32.2. The average Bonchev–Trinajstić information content (AvgIpc) is 2.96. The lowest BCUT2D eigenvalue weighted by Crippen LogP contribution is -2.34. The number of nitrogens with zero attached hydrogens (tertiary/aromatic N) is 3. The highest BCUT2D eigenvalue weighted by molar-refractivity contribution is 7.88. The smallest absolute Gasteiger partial charge is 0.216 e. The van der Waals surface area contributed by atoms with Gasteiger partial charge in [0.1, 0.15) is 17.9 Å². The van der Waals surface area contributed by atoms with Gasteiger partial charge in [-0.25, -0.2) is 22.8 Å². The van der Waals surface area contributed by atoms with Gasteiger partial charge in [-0.15, -0.1) is 0 Å². The van der Waals surface area contributed by atoms with E-state index in [9.17, 15) is 8.42 Å². The van der Waals surface area contributed by atoms with Crippen molar-refractivity contribution in [3.05, 3.63) is 42.0 Å². The van der Waals surface area contributed by atoms with E-state index in [-0.39, 0.29) is 11.8 Å². The third kappa shape index (κ3) is 3.28. The summed E-state index contributed by atoms with van der Waals surface area (Å²) in [4.78, 5) is 4.16. The van der Waals surface area contributed by atoms with Crippen LogP contribution >= 0.6 is 0 Å². The Morgan fingerprint density at radius 3 is 3.14 bits per heavy atom. The van der Waals surface area contributed by atoms with Crippen LogP contribution in [0.5, 0.6) is 5.75 Å². The summed E-state index contributed by atoms with van der Waals surface area (Å²) in [6, 6.07) is 6.74. The number of sulfonamides is 1. The monoisotopic (exact) mass is 322 g/mol. The highest BCUT2D eigenvalue weighted by Crippen LogP contribution is 2.24. The van der Waals surface area contributed by atoms with Crippen molar-refractivity contribution in [2.24, 2.45) is 0 Å². The maximum atomic E-state index is 12.4. The molecule has 2 aromatic rings. The first kappa shape index (κ1) is 15.0. The molecule has 22 heavy (non-hydrogen) atoms. The van der Waals surface area contributed by atoms with E-state index in [2.05, 4.69) is 14.8 Å². The van der Waals surface area contributed by atoms with E-state index in [1.165, 1.54) is 6.33 Å². The molecule has 3 rings (SSSR count). The number of fused-ring (bicyclic) bond motifs is 1. The Morgan fingerprint density at radius 1 is 1.45 bits per heavy atom. The largest absolute Gasteiger partial charge is 0.497 e. The molecule has 0 saturated heterocycles. The van der Waals surface area contributed by atoms with Crippen molar-refractivity contribution < 1.29 is 13.2 Å². The van der Waals surface area contributed by atoms with Crippen LogP contribution in [-0.2, 0) is 22.3 Å². The number of methoxy groups -OCH3 is 1. The van der Waals surface area contributed by atoms with E-state index < -0.39 is 10.0 Å². The van der Waals surface area contributed by atoms with Crippen LogP contribution in [0.3, 0.4) is 0 Å². The molecule has 0 aliphatic carbocycles. The number of benzene rings is 1. The van der Waals surface area contributed by atoms with Crippen LogP contribution in [0.2, 0.25) is 0 Å². The number of ether oxygens (including phenoxy) is 1. The van der Waals surface area contributed by atoms with Crippen molar-refractivity contribution in [2.45, 2.75) is 31.2 Å². The normalized spacial score (nSPS) is 18.0. The first-order valence-electron chi connectivity index (χ1n) is 7.08. The Hall–Kier alpha value is -1.93. The lowest BCUT2D eigenvalue weighted by Gasteiger charge is -2.23. The van der Waals surface area contributed by atoms with Gasteiger partial charge in [0, 0.05) is 6.54 Å². The van der Waals surface area contributed by atoms with Crippen LogP contribution in [-0.4, -0.2) is 30.3 Å². The first-order valence-corrected chi connectivity index (χ1v) is 8.73. The topological polar surface area (TPSA) is 86.1 Å². The van der Waals surface area contributed by atoms with Crippen molar-refractivity contribution in [3.63, 3.8) is 0 Å². The molecule has 1 aromatic carbocycles. The minimum absolute atomic E-state index is 0.0885. The lowest BCUT2D eigenvalue weighted by atomic mass is 10.1. The van der Waals surface area contributed by atoms with Crippen molar-refractivity contribution in [1.82, 2.24) is 19.5 Å². The number of nitrogens with one attached hydrogen (secondary N) is 1. The fourth-order valence-electron chi connectivity index (χ4n) is 2.64. The highest BCUT2D eigenvalue weighted by Gasteiger charge is 2.26. The van der Waals surface area contributed by atoms with Crippen LogP contribution in [0, 0.1) is 0 Å². The van der Waals surface area contributed by atoms with E-state index in [1.54, 1.807) is 36.1 Å². The molecule has 0 spiro atoms. The molecule has 0 amide bonds. The van der Waals surface area contributed by atoms with Crippen LogP contribution < -0.4 is 9.46 Å². The minimum atomic E-state index is -3.47. The van der Waals surface area contributed by atoms with Gasteiger partial charge in [-0.3, -0.25) is 0 Å². The molecular weight excluding hydrogens is 304 g/mol. The van der Waals surface area contributed by atoms with E-state index in [4.69, 9.17) is 4.74 Å². The summed E-state index contributed by atoms with van der Waals surface area (Å²) in [5.74, 6) is 1.24. The Balaban J connectivity index is 1.74. The molecule has 0 fully saturated rings. The summed E-state index contributed by atoms with van der Waals surface area (Å²) in [5, 5.41) is 4.10. The fraction of sp³-hybridized carbons (Fsp3) is 0.429. The molecule has 7 nitrogen and oxygen atoms in total. The van der Waals surface area contributed by atoms with Gasteiger partial charge in [0.15, 0.2) is 0 Å². The quantitative estimate of drug-likeness (QED) is 0.895. The maximum Gasteiger partial charge on any atom is 0.216 e. The summed E-state index contributed by atoms with van der Waals surface area (Å²) in [6.07, 6.45) is 3.07. The zero-order valence-corrected chi connectivity index (χ0v) is 13.1. The zero-order valence-electron chi connectivity index (χ0n) is 12.3. The lowest BCUT2D eigenvalue weighted by molar-refractivity contribution is 0.399. The number of aromatic nitrogens is 3. The van der Waals surface area contributed by atoms with E-state index in [0.29, 0.717) is 17.1 Å². The van der Waals surface area contributed by atoms with Gasteiger partial charge in [-0.2, -0.15) is 5.10 Å². The standard InChI is InChI=1S/C14H18N4O3S/c1-21-12-5-2-4-11(8-12)9-22(19,20)17-13-6-3-7-18-14(13)15-10-16-18/h2,4-5,8,10,13,17H,3,6-7,9H2,1H3/t13-/m1/s1. The average molecular weight is 322 g/mol. The molecule has 118 valence electrons. The van der Waals surface area contributed by atoms with E-state index in [1.807, 2.05) is 0 Å². The summed E-state index contributed by atoms with van der Waals surface area (Å²) >= 11 is 0.